The molecule has 3 nitrogen and oxygen atoms in total. The highest BCUT2D eigenvalue weighted by Crippen LogP contribution is 2.27. The van der Waals surface area contributed by atoms with Crippen molar-refractivity contribution in [1.82, 2.24) is 9.97 Å². The molecule has 0 amide bonds. The van der Waals surface area contributed by atoms with E-state index in [-0.39, 0.29) is 0 Å². The molecule has 3 heteroatoms. The highest BCUT2D eigenvalue weighted by atomic mass is 16.5. The quantitative estimate of drug-likeness (QED) is 0.848. The molecule has 3 rings (SSSR count). The molecule has 1 aromatic carbocycles. The van der Waals surface area contributed by atoms with E-state index in [0.29, 0.717) is 6.61 Å². The zero-order valence-corrected chi connectivity index (χ0v) is 12.8. The van der Waals surface area contributed by atoms with Gasteiger partial charge < -0.3 is 4.74 Å². The lowest BCUT2D eigenvalue weighted by Gasteiger charge is -2.22. The summed E-state index contributed by atoms with van der Waals surface area (Å²) in [5, 5.41) is 0. The lowest BCUT2D eigenvalue weighted by molar-refractivity contribution is 0.340. The van der Waals surface area contributed by atoms with Crippen LogP contribution in [0, 0.1) is 5.92 Å². The second kappa shape index (κ2) is 6.25. The average molecular weight is 282 g/mol. The van der Waals surface area contributed by atoms with E-state index < -0.39 is 0 Å². The van der Waals surface area contributed by atoms with E-state index in [1.165, 1.54) is 24.1 Å². The van der Waals surface area contributed by atoms with Gasteiger partial charge in [-0.2, -0.15) is 0 Å². The van der Waals surface area contributed by atoms with E-state index in [4.69, 9.17) is 9.72 Å². The lowest BCUT2D eigenvalue weighted by atomic mass is 9.86. The van der Waals surface area contributed by atoms with Crippen LogP contribution in [0.5, 0.6) is 5.75 Å². The molecule has 2 aromatic rings. The average Bonchev–Trinajstić information content (AvgIpc) is 2.55. The van der Waals surface area contributed by atoms with E-state index in [1.54, 1.807) is 0 Å². The molecule has 1 aliphatic carbocycles. The number of benzene rings is 1. The van der Waals surface area contributed by atoms with Crippen LogP contribution in [0.3, 0.4) is 0 Å². The lowest BCUT2D eigenvalue weighted by Crippen LogP contribution is -2.15. The van der Waals surface area contributed by atoms with Crippen LogP contribution in [-0.2, 0) is 12.8 Å². The van der Waals surface area contributed by atoms with E-state index in [9.17, 15) is 0 Å². The van der Waals surface area contributed by atoms with Crippen molar-refractivity contribution < 1.29 is 4.74 Å². The maximum atomic E-state index is 5.47. The normalized spacial score (nSPS) is 17.3. The maximum absolute atomic E-state index is 5.47. The van der Waals surface area contributed by atoms with Crippen molar-refractivity contribution in [3.8, 4) is 17.1 Å². The summed E-state index contributed by atoms with van der Waals surface area (Å²) in [6, 6.07) is 8.03. The van der Waals surface area contributed by atoms with Gasteiger partial charge in [-0.3, -0.25) is 0 Å². The Morgan fingerprint density at radius 2 is 2.00 bits per heavy atom. The molecule has 0 aliphatic heterocycles. The van der Waals surface area contributed by atoms with Crippen molar-refractivity contribution in [2.45, 2.75) is 39.5 Å². The van der Waals surface area contributed by atoms with Crippen molar-refractivity contribution in [2.75, 3.05) is 6.61 Å². The van der Waals surface area contributed by atoms with Crippen LogP contribution < -0.4 is 4.74 Å². The molecule has 0 spiro atoms. The topological polar surface area (TPSA) is 35.0 Å². The van der Waals surface area contributed by atoms with Crippen molar-refractivity contribution in [3.63, 3.8) is 0 Å². The highest BCUT2D eigenvalue weighted by molar-refractivity contribution is 5.56. The third-order valence-corrected chi connectivity index (χ3v) is 4.25. The van der Waals surface area contributed by atoms with Crippen molar-refractivity contribution in [3.05, 3.63) is 41.7 Å². The molecule has 0 fully saturated rings. The number of nitrogens with zero attached hydrogens (tertiary/aromatic N) is 2. The number of hydrogen-bond acceptors (Lipinski definition) is 3. The second-order valence-electron chi connectivity index (χ2n) is 5.64. The molecule has 1 heterocycles. The molecule has 1 aliphatic rings. The summed E-state index contributed by atoms with van der Waals surface area (Å²) in [6.45, 7) is 4.95. The van der Waals surface area contributed by atoms with Gasteiger partial charge in [0.15, 0.2) is 5.82 Å². The Morgan fingerprint density at radius 3 is 2.71 bits per heavy atom. The molecule has 0 bridgehead atoms. The summed E-state index contributed by atoms with van der Waals surface area (Å²) in [5.74, 6) is 2.52. The Hall–Kier alpha value is -1.90. The van der Waals surface area contributed by atoms with Gasteiger partial charge >= 0.3 is 0 Å². The fraction of sp³-hybridized carbons (Fsp3) is 0.444. The zero-order valence-electron chi connectivity index (χ0n) is 12.8. The fourth-order valence-electron chi connectivity index (χ4n) is 2.94. The molecule has 21 heavy (non-hydrogen) atoms. The monoisotopic (exact) mass is 282 g/mol. The Kier molecular flexibility index (Phi) is 4.18. The van der Waals surface area contributed by atoms with Crippen LogP contribution in [0.1, 0.15) is 37.9 Å². The van der Waals surface area contributed by atoms with Crippen LogP contribution in [-0.4, -0.2) is 16.6 Å². The predicted octanol–water partition coefficient (Wildman–Crippen LogP) is 4.06. The number of aromatic nitrogens is 2. The molecule has 1 atom stereocenters. The summed E-state index contributed by atoms with van der Waals surface area (Å²) < 4.78 is 5.47. The SMILES string of the molecule is CCOc1ccc(-c2ncc3c(n2)CCC(CC)C3)cc1. The number of rotatable bonds is 4. The second-order valence-corrected chi connectivity index (χ2v) is 5.64. The van der Waals surface area contributed by atoms with E-state index >= 15 is 0 Å². The van der Waals surface area contributed by atoms with E-state index in [2.05, 4.69) is 11.9 Å². The summed E-state index contributed by atoms with van der Waals surface area (Å²) in [7, 11) is 0. The fourth-order valence-corrected chi connectivity index (χ4v) is 2.94. The Labute approximate surface area is 126 Å². The molecular formula is C18H22N2O. The smallest absolute Gasteiger partial charge is 0.159 e. The molecular weight excluding hydrogens is 260 g/mol. The van der Waals surface area contributed by atoms with E-state index in [1.807, 2.05) is 37.4 Å². The van der Waals surface area contributed by atoms with Gasteiger partial charge in [0.1, 0.15) is 5.75 Å². The molecule has 110 valence electrons. The van der Waals surface area contributed by atoms with Gasteiger partial charge in [0, 0.05) is 17.5 Å². The number of aryl methyl sites for hydroxylation is 1. The Balaban J connectivity index is 1.83. The first kappa shape index (κ1) is 14.1. The summed E-state index contributed by atoms with van der Waals surface area (Å²) in [6.07, 6.45) is 6.75. The third kappa shape index (κ3) is 3.07. The van der Waals surface area contributed by atoms with Gasteiger partial charge in [-0.25, -0.2) is 9.97 Å². The maximum Gasteiger partial charge on any atom is 0.159 e. The van der Waals surface area contributed by atoms with Gasteiger partial charge in [0.2, 0.25) is 0 Å². The van der Waals surface area contributed by atoms with Crippen LogP contribution >= 0.6 is 0 Å². The number of fused-ring (bicyclic) bond motifs is 1. The highest BCUT2D eigenvalue weighted by Gasteiger charge is 2.19. The molecule has 0 N–H and O–H groups in total. The predicted molar refractivity (Wildman–Crippen MR) is 84.4 cm³/mol. The third-order valence-electron chi connectivity index (χ3n) is 4.25. The van der Waals surface area contributed by atoms with Gasteiger partial charge in [-0.05, 0) is 61.9 Å². The molecule has 0 saturated heterocycles. The largest absolute Gasteiger partial charge is 0.494 e. The van der Waals surface area contributed by atoms with Gasteiger partial charge in [0.05, 0.1) is 6.61 Å². The summed E-state index contributed by atoms with van der Waals surface area (Å²) in [4.78, 5) is 9.33. The molecule has 1 aromatic heterocycles. The minimum Gasteiger partial charge on any atom is -0.494 e. The van der Waals surface area contributed by atoms with Crippen LogP contribution in [0.4, 0.5) is 0 Å². The molecule has 0 saturated carbocycles. The van der Waals surface area contributed by atoms with Crippen molar-refractivity contribution in [2.24, 2.45) is 5.92 Å². The van der Waals surface area contributed by atoms with Crippen molar-refractivity contribution in [1.29, 1.82) is 0 Å². The van der Waals surface area contributed by atoms with Crippen LogP contribution in [0.15, 0.2) is 30.5 Å². The summed E-state index contributed by atoms with van der Waals surface area (Å²) in [5.41, 5.74) is 3.63. The van der Waals surface area contributed by atoms with Crippen LogP contribution in [0.25, 0.3) is 11.4 Å². The zero-order chi connectivity index (χ0) is 14.7. The van der Waals surface area contributed by atoms with Crippen LogP contribution in [0.2, 0.25) is 0 Å². The Morgan fingerprint density at radius 1 is 1.19 bits per heavy atom. The standard InChI is InChI=1S/C18H22N2O/c1-3-13-5-10-17-15(11-13)12-19-18(20-17)14-6-8-16(9-7-14)21-4-2/h6-9,12-13H,3-5,10-11H2,1-2H3. The van der Waals surface area contributed by atoms with Gasteiger partial charge in [0.25, 0.3) is 0 Å². The molecule has 0 radical (unpaired) electrons. The minimum atomic E-state index is 0.688. The Bertz CT molecular complexity index is 607. The first-order valence-electron chi connectivity index (χ1n) is 7.88. The van der Waals surface area contributed by atoms with E-state index in [0.717, 1.165) is 35.9 Å². The molecule has 1 unspecified atom stereocenters. The first-order chi connectivity index (χ1) is 10.3. The van der Waals surface area contributed by atoms with Gasteiger partial charge in [-0.1, -0.05) is 13.3 Å². The van der Waals surface area contributed by atoms with Crippen molar-refractivity contribution >= 4 is 0 Å². The number of ether oxygens (including phenoxy) is 1. The summed E-state index contributed by atoms with van der Waals surface area (Å²) >= 11 is 0. The number of hydrogen-bond donors (Lipinski definition) is 0. The van der Waals surface area contributed by atoms with Gasteiger partial charge in [-0.15, -0.1) is 0 Å². The first-order valence-corrected chi connectivity index (χ1v) is 7.88. The minimum absolute atomic E-state index is 0.688.